The van der Waals surface area contributed by atoms with Crippen LogP contribution in [-0.2, 0) is 26.2 Å². The van der Waals surface area contributed by atoms with Gasteiger partial charge in [-0.3, -0.25) is 13.9 Å². The van der Waals surface area contributed by atoms with Crippen molar-refractivity contribution in [1.29, 1.82) is 0 Å². The predicted molar refractivity (Wildman–Crippen MR) is 161 cm³/mol. The van der Waals surface area contributed by atoms with E-state index in [0.29, 0.717) is 12.1 Å². The van der Waals surface area contributed by atoms with Gasteiger partial charge >= 0.3 is 0 Å². The summed E-state index contributed by atoms with van der Waals surface area (Å²) < 4.78 is 29.3. The standard InChI is InChI=1S/C32H41N3O4S/c1-7-25(5)33-32(37)29(8-2)34(21-27-14-10-9-11-15-27)31(36)22-35(30-16-12-13-24(4)26(30)6)40(38,39)28-19-17-23(3)18-20-28/h9-20,25,29H,7-8,21-22H2,1-6H3,(H,33,37)/t25-,29+/m0/s1. The molecular weight excluding hydrogens is 522 g/mol. The van der Waals surface area contributed by atoms with E-state index in [2.05, 4.69) is 5.32 Å². The summed E-state index contributed by atoms with van der Waals surface area (Å²) in [5.74, 6) is -0.701. The lowest BCUT2D eigenvalue weighted by Gasteiger charge is -2.34. The van der Waals surface area contributed by atoms with Gasteiger partial charge in [0.1, 0.15) is 12.6 Å². The van der Waals surface area contributed by atoms with Gasteiger partial charge in [0.25, 0.3) is 10.0 Å². The second-order valence-corrected chi connectivity index (χ2v) is 12.2. The Morgan fingerprint density at radius 1 is 0.850 bits per heavy atom. The number of rotatable bonds is 12. The molecule has 2 atom stereocenters. The first-order valence-electron chi connectivity index (χ1n) is 13.8. The summed E-state index contributed by atoms with van der Waals surface area (Å²) in [5, 5.41) is 3.00. The van der Waals surface area contributed by atoms with Crippen molar-refractivity contribution in [3.05, 3.63) is 95.1 Å². The topological polar surface area (TPSA) is 86.8 Å². The van der Waals surface area contributed by atoms with Crippen molar-refractivity contribution >= 4 is 27.5 Å². The molecule has 40 heavy (non-hydrogen) atoms. The number of sulfonamides is 1. The van der Waals surface area contributed by atoms with Crippen molar-refractivity contribution in [2.75, 3.05) is 10.8 Å². The first kappa shape index (κ1) is 30.9. The highest BCUT2D eigenvalue weighted by Crippen LogP contribution is 2.29. The molecular formula is C32H41N3O4S. The van der Waals surface area contributed by atoms with E-state index in [1.54, 1.807) is 36.4 Å². The van der Waals surface area contributed by atoms with Crippen LogP contribution in [0.2, 0.25) is 0 Å². The van der Waals surface area contributed by atoms with Crippen LogP contribution in [0, 0.1) is 20.8 Å². The summed E-state index contributed by atoms with van der Waals surface area (Å²) in [5.41, 5.74) is 3.90. The summed E-state index contributed by atoms with van der Waals surface area (Å²) in [7, 11) is -4.10. The normalized spacial score (nSPS) is 12.8. The number of anilines is 1. The third-order valence-corrected chi connectivity index (χ3v) is 9.09. The first-order chi connectivity index (χ1) is 19.0. The number of nitrogens with zero attached hydrogens (tertiary/aromatic N) is 2. The predicted octanol–water partition coefficient (Wildman–Crippen LogP) is 5.53. The number of benzene rings is 3. The lowest BCUT2D eigenvalue weighted by Crippen LogP contribution is -2.53. The fourth-order valence-corrected chi connectivity index (χ4v) is 5.97. The number of carbonyl (C=O) groups is 2. The van der Waals surface area contributed by atoms with Gasteiger partial charge in [0.2, 0.25) is 11.8 Å². The molecule has 214 valence electrons. The fourth-order valence-electron chi connectivity index (χ4n) is 4.50. The van der Waals surface area contributed by atoms with Crippen LogP contribution in [0.15, 0.2) is 77.7 Å². The number of nitrogens with one attached hydrogen (secondary N) is 1. The highest BCUT2D eigenvalue weighted by Gasteiger charge is 2.34. The highest BCUT2D eigenvalue weighted by molar-refractivity contribution is 7.92. The zero-order chi connectivity index (χ0) is 29.4. The molecule has 0 fully saturated rings. The van der Waals surface area contributed by atoms with E-state index in [4.69, 9.17) is 0 Å². The highest BCUT2D eigenvalue weighted by atomic mass is 32.2. The number of hydrogen-bond donors (Lipinski definition) is 1. The second-order valence-electron chi connectivity index (χ2n) is 10.3. The Balaban J connectivity index is 2.09. The van der Waals surface area contributed by atoms with Gasteiger partial charge < -0.3 is 10.2 Å². The molecule has 0 radical (unpaired) electrons. The van der Waals surface area contributed by atoms with E-state index < -0.39 is 28.5 Å². The minimum Gasteiger partial charge on any atom is -0.352 e. The van der Waals surface area contributed by atoms with Crippen LogP contribution in [0.4, 0.5) is 5.69 Å². The van der Waals surface area contributed by atoms with Crippen molar-refractivity contribution in [3.8, 4) is 0 Å². The molecule has 0 spiro atoms. The zero-order valence-electron chi connectivity index (χ0n) is 24.3. The second kappa shape index (κ2) is 13.6. The Labute approximate surface area is 239 Å². The Morgan fingerprint density at radius 2 is 1.50 bits per heavy atom. The maximum atomic E-state index is 14.2. The molecule has 3 rings (SSSR count). The third kappa shape index (κ3) is 7.30. The monoisotopic (exact) mass is 563 g/mol. The maximum absolute atomic E-state index is 14.2. The van der Waals surface area contributed by atoms with E-state index in [1.807, 2.05) is 77.9 Å². The van der Waals surface area contributed by atoms with Gasteiger partial charge in [0.15, 0.2) is 0 Å². The van der Waals surface area contributed by atoms with Gasteiger partial charge in [-0.2, -0.15) is 0 Å². The van der Waals surface area contributed by atoms with Crippen LogP contribution in [0.1, 0.15) is 55.9 Å². The van der Waals surface area contributed by atoms with Gasteiger partial charge in [-0.25, -0.2) is 8.42 Å². The Hall–Kier alpha value is -3.65. The lowest BCUT2D eigenvalue weighted by atomic mass is 10.1. The molecule has 7 nitrogen and oxygen atoms in total. The fraction of sp³-hybridized carbons (Fsp3) is 0.375. The average Bonchev–Trinajstić information content (AvgIpc) is 2.93. The molecule has 0 aliphatic carbocycles. The maximum Gasteiger partial charge on any atom is 0.264 e. The Bertz CT molecular complexity index is 1410. The molecule has 0 heterocycles. The molecule has 3 aromatic carbocycles. The van der Waals surface area contributed by atoms with Crippen molar-refractivity contribution in [1.82, 2.24) is 10.2 Å². The summed E-state index contributed by atoms with van der Waals surface area (Å²) >= 11 is 0. The molecule has 0 saturated carbocycles. The van der Waals surface area contributed by atoms with Gasteiger partial charge in [-0.1, -0.05) is 74.0 Å². The largest absolute Gasteiger partial charge is 0.352 e. The van der Waals surface area contributed by atoms with Gasteiger partial charge in [-0.15, -0.1) is 0 Å². The molecule has 0 bridgehead atoms. The van der Waals surface area contributed by atoms with Crippen LogP contribution in [0.3, 0.4) is 0 Å². The summed E-state index contributed by atoms with van der Waals surface area (Å²) in [6.07, 6.45) is 1.14. The van der Waals surface area contributed by atoms with Crippen molar-refractivity contribution < 1.29 is 18.0 Å². The number of hydrogen-bond acceptors (Lipinski definition) is 4. The molecule has 0 aliphatic rings. The quantitative estimate of drug-likeness (QED) is 0.314. The summed E-state index contributed by atoms with van der Waals surface area (Å²) in [6.45, 7) is 11.1. The molecule has 3 aromatic rings. The van der Waals surface area contributed by atoms with Crippen LogP contribution < -0.4 is 9.62 Å². The van der Waals surface area contributed by atoms with Gasteiger partial charge in [0, 0.05) is 12.6 Å². The van der Waals surface area contributed by atoms with Gasteiger partial charge in [-0.05, 0) is 75.4 Å². The molecule has 0 unspecified atom stereocenters. The van der Waals surface area contributed by atoms with Crippen LogP contribution in [0.5, 0.6) is 0 Å². The van der Waals surface area contributed by atoms with E-state index in [1.165, 1.54) is 9.21 Å². The molecule has 2 amide bonds. The summed E-state index contributed by atoms with van der Waals surface area (Å²) in [4.78, 5) is 29.1. The Kier molecular flexibility index (Phi) is 10.5. The smallest absolute Gasteiger partial charge is 0.264 e. The van der Waals surface area contributed by atoms with E-state index in [-0.39, 0.29) is 23.4 Å². The van der Waals surface area contributed by atoms with Crippen molar-refractivity contribution in [2.45, 2.75) is 77.9 Å². The minimum absolute atomic E-state index is 0.0522. The first-order valence-corrected chi connectivity index (χ1v) is 15.2. The summed E-state index contributed by atoms with van der Waals surface area (Å²) in [6, 6.07) is 20.6. The van der Waals surface area contributed by atoms with Crippen LogP contribution in [0.25, 0.3) is 0 Å². The van der Waals surface area contributed by atoms with Crippen molar-refractivity contribution in [2.24, 2.45) is 0 Å². The lowest BCUT2D eigenvalue weighted by molar-refractivity contribution is -0.140. The van der Waals surface area contributed by atoms with Gasteiger partial charge in [0.05, 0.1) is 10.6 Å². The van der Waals surface area contributed by atoms with Crippen LogP contribution >= 0.6 is 0 Å². The minimum atomic E-state index is -4.10. The van der Waals surface area contributed by atoms with Crippen molar-refractivity contribution in [3.63, 3.8) is 0 Å². The SMILES string of the molecule is CC[C@H](C(=O)N[C@@H](C)CC)N(Cc1ccccc1)C(=O)CN(c1cccc(C)c1C)S(=O)(=O)c1ccc(C)cc1. The molecule has 8 heteroatoms. The van der Waals surface area contributed by atoms with E-state index in [9.17, 15) is 18.0 Å². The number of amides is 2. The van der Waals surface area contributed by atoms with Crippen LogP contribution in [-0.4, -0.2) is 43.8 Å². The molecule has 0 saturated heterocycles. The molecule has 0 aliphatic heterocycles. The zero-order valence-corrected chi connectivity index (χ0v) is 25.2. The third-order valence-electron chi connectivity index (χ3n) is 7.32. The Morgan fingerprint density at radius 3 is 2.10 bits per heavy atom. The number of carbonyl (C=O) groups excluding carboxylic acids is 2. The molecule has 0 aromatic heterocycles. The molecule has 1 N–H and O–H groups in total. The van der Waals surface area contributed by atoms with E-state index in [0.717, 1.165) is 28.7 Å². The van der Waals surface area contributed by atoms with E-state index >= 15 is 0 Å². The number of aryl methyl sites for hydroxylation is 2. The average molecular weight is 564 g/mol.